The van der Waals surface area contributed by atoms with E-state index in [4.69, 9.17) is 0 Å². The molecule has 2 heterocycles. The molecule has 168 valence electrons. The van der Waals surface area contributed by atoms with Crippen LogP contribution < -0.4 is 5.32 Å². The summed E-state index contributed by atoms with van der Waals surface area (Å²) >= 11 is 0. The molecule has 0 bridgehead atoms. The number of rotatable bonds is 4. The molecule has 2 aliphatic rings. The highest BCUT2D eigenvalue weighted by Crippen LogP contribution is 2.39. The van der Waals surface area contributed by atoms with Crippen LogP contribution in [0, 0.1) is 13.8 Å². The molecule has 3 amide bonds. The number of aryl methyl sites for hydroxylation is 2. The molecule has 33 heavy (non-hydrogen) atoms. The van der Waals surface area contributed by atoms with Crippen molar-refractivity contribution in [3.05, 3.63) is 88.7 Å². The van der Waals surface area contributed by atoms with Crippen LogP contribution in [0.2, 0.25) is 0 Å². The molecule has 1 aliphatic carbocycles. The molecule has 1 saturated heterocycles. The number of fused-ring (bicyclic) bond motifs is 2. The fourth-order valence-corrected chi connectivity index (χ4v) is 5.36. The molecule has 1 N–H and O–H groups in total. The van der Waals surface area contributed by atoms with E-state index in [0.29, 0.717) is 12.0 Å². The van der Waals surface area contributed by atoms with Crippen LogP contribution in [0.1, 0.15) is 52.1 Å². The molecule has 1 spiro atoms. The van der Waals surface area contributed by atoms with E-state index < -0.39 is 11.6 Å². The quantitative estimate of drug-likeness (QED) is 0.480. The van der Waals surface area contributed by atoms with Crippen molar-refractivity contribution in [3.63, 3.8) is 0 Å². The molecule has 6 nitrogen and oxygen atoms in total. The van der Waals surface area contributed by atoms with Gasteiger partial charge in [0.15, 0.2) is 5.78 Å². The summed E-state index contributed by atoms with van der Waals surface area (Å²) in [5, 5.41) is 2.96. The number of imide groups is 1. The first-order valence-electron chi connectivity index (χ1n) is 11.4. The highest BCUT2D eigenvalue weighted by Gasteiger charge is 2.53. The number of hydrogen-bond acceptors (Lipinski definition) is 3. The Labute approximate surface area is 193 Å². The van der Waals surface area contributed by atoms with Gasteiger partial charge in [-0.05, 0) is 68.9 Å². The van der Waals surface area contributed by atoms with Crippen molar-refractivity contribution in [1.29, 1.82) is 0 Å². The SMILES string of the molecule is Cc1cc(C(=O)CN2C(=O)N[C@@]3(CCCCc4ccccc43)C2=O)c(C)n1-c1ccccc1. The Morgan fingerprint density at radius 3 is 2.52 bits per heavy atom. The van der Waals surface area contributed by atoms with Crippen molar-refractivity contribution in [3.8, 4) is 5.69 Å². The van der Waals surface area contributed by atoms with Gasteiger partial charge in [-0.3, -0.25) is 14.5 Å². The van der Waals surface area contributed by atoms with E-state index in [1.54, 1.807) is 0 Å². The summed E-state index contributed by atoms with van der Waals surface area (Å²) in [6.07, 6.45) is 3.22. The van der Waals surface area contributed by atoms with E-state index >= 15 is 0 Å². The van der Waals surface area contributed by atoms with Crippen LogP contribution in [-0.2, 0) is 16.8 Å². The molecular weight excluding hydrogens is 414 g/mol. The van der Waals surface area contributed by atoms with Gasteiger partial charge in [0.1, 0.15) is 5.54 Å². The average Bonchev–Trinajstić information content (AvgIpc) is 3.15. The predicted octanol–water partition coefficient (Wildman–Crippen LogP) is 4.45. The van der Waals surface area contributed by atoms with Crippen molar-refractivity contribution in [2.45, 2.75) is 45.1 Å². The van der Waals surface area contributed by atoms with E-state index in [0.717, 1.165) is 52.4 Å². The lowest BCUT2D eigenvalue weighted by Gasteiger charge is -2.27. The number of carbonyl (C=O) groups excluding carboxylic acids is 3. The van der Waals surface area contributed by atoms with Crippen LogP contribution in [0.5, 0.6) is 0 Å². The van der Waals surface area contributed by atoms with Gasteiger partial charge in [0.2, 0.25) is 0 Å². The second-order valence-corrected chi connectivity index (χ2v) is 8.97. The fourth-order valence-electron chi connectivity index (χ4n) is 5.36. The summed E-state index contributed by atoms with van der Waals surface area (Å²) in [5.74, 6) is -0.570. The lowest BCUT2D eigenvalue weighted by atomic mass is 9.84. The zero-order valence-electron chi connectivity index (χ0n) is 18.9. The van der Waals surface area contributed by atoms with Crippen molar-refractivity contribution in [2.24, 2.45) is 0 Å². The number of Topliss-reactive ketones (excluding diaryl/α,β-unsaturated/α-hetero) is 1. The molecule has 1 atom stereocenters. The number of nitrogens with one attached hydrogen (secondary N) is 1. The number of ketones is 1. The summed E-state index contributed by atoms with van der Waals surface area (Å²) in [5.41, 5.74) is 4.08. The van der Waals surface area contributed by atoms with Gasteiger partial charge in [-0.15, -0.1) is 0 Å². The number of hydrogen-bond donors (Lipinski definition) is 1. The summed E-state index contributed by atoms with van der Waals surface area (Å²) in [4.78, 5) is 41.0. The van der Waals surface area contributed by atoms with Gasteiger partial charge in [-0.25, -0.2) is 4.79 Å². The van der Waals surface area contributed by atoms with Crippen LogP contribution in [0.4, 0.5) is 4.79 Å². The largest absolute Gasteiger partial charge is 0.325 e. The van der Waals surface area contributed by atoms with Gasteiger partial charge in [0, 0.05) is 22.6 Å². The Morgan fingerprint density at radius 1 is 1.00 bits per heavy atom. The highest BCUT2D eigenvalue weighted by molar-refractivity contribution is 6.11. The van der Waals surface area contributed by atoms with Crippen LogP contribution in [0.15, 0.2) is 60.7 Å². The van der Waals surface area contributed by atoms with E-state index in [1.807, 2.05) is 79.1 Å². The van der Waals surface area contributed by atoms with Gasteiger partial charge in [0.05, 0.1) is 6.54 Å². The standard InChI is InChI=1S/C27H27N3O3/c1-18-16-22(19(2)30(18)21-12-4-3-5-13-21)24(31)17-29-25(32)27(28-26(29)33)15-9-8-11-20-10-6-7-14-23(20)27/h3-7,10,12-14,16H,8-9,11,15,17H2,1-2H3,(H,28,33)/t27-/m1/s1. The maximum Gasteiger partial charge on any atom is 0.325 e. The Morgan fingerprint density at radius 2 is 1.73 bits per heavy atom. The zero-order valence-corrected chi connectivity index (χ0v) is 18.9. The zero-order chi connectivity index (χ0) is 23.2. The van der Waals surface area contributed by atoms with Crippen molar-refractivity contribution in [2.75, 3.05) is 6.54 Å². The van der Waals surface area contributed by atoms with E-state index in [-0.39, 0.29) is 18.2 Å². The molecule has 0 saturated carbocycles. The normalized spacial score (nSPS) is 20.0. The molecule has 2 aromatic carbocycles. The lowest BCUT2D eigenvalue weighted by molar-refractivity contribution is -0.131. The van der Waals surface area contributed by atoms with Gasteiger partial charge < -0.3 is 9.88 Å². The number of amides is 3. The third-order valence-corrected chi connectivity index (χ3v) is 6.95. The Balaban J connectivity index is 1.45. The lowest BCUT2D eigenvalue weighted by Crippen LogP contribution is -2.44. The minimum Gasteiger partial charge on any atom is -0.319 e. The van der Waals surface area contributed by atoms with Crippen LogP contribution in [0.3, 0.4) is 0 Å². The number of benzene rings is 2. The van der Waals surface area contributed by atoms with E-state index in [1.165, 1.54) is 0 Å². The highest BCUT2D eigenvalue weighted by atomic mass is 16.2. The number of nitrogens with zero attached hydrogens (tertiary/aromatic N) is 2. The van der Waals surface area contributed by atoms with Gasteiger partial charge in [-0.2, -0.15) is 0 Å². The first-order chi connectivity index (χ1) is 15.9. The first-order valence-corrected chi connectivity index (χ1v) is 11.4. The van der Waals surface area contributed by atoms with Gasteiger partial charge in [0.25, 0.3) is 5.91 Å². The molecule has 1 aromatic heterocycles. The first kappa shape index (κ1) is 21.2. The number of carbonyl (C=O) groups is 3. The number of aromatic nitrogens is 1. The monoisotopic (exact) mass is 441 g/mol. The molecule has 0 unspecified atom stereocenters. The summed E-state index contributed by atoms with van der Waals surface area (Å²) in [6.45, 7) is 3.57. The van der Waals surface area contributed by atoms with E-state index in [2.05, 4.69) is 5.32 Å². The van der Waals surface area contributed by atoms with Crippen LogP contribution >= 0.6 is 0 Å². The topological polar surface area (TPSA) is 71.4 Å². The molecule has 1 aliphatic heterocycles. The second kappa shape index (κ2) is 8.03. The van der Waals surface area contributed by atoms with Crippen LogP contribution in [0.25, 0.3) is 5.69 Å². The summed E-state index contributed by atoms with van der Waals surface area (Å²) in [6, 6.07) is 19.0. The third-order valence-electron chi connectivity index (χ3n) is 6.95. The summed E-state index contributed by atoms with van der Waals surface area (Å²) in [7, 11) is 0. The van der Waals surface area contributed by atoms with E-state index in [9.17, 15) is 14.4 Å². The number of urea groups is 1. The number of para-hydroxylation sites is 1. The smallest absolute Gasteiger partial charge is 0.319 e. The molecule has 3 aromatic rings. The molecule has 5 rings (SSSR count). The van der Waals surface area contributed by atoms with Crippen molar-refractivity contribution in [1.82, 2.24) is 14.8 Å². The average molecular weight is 442 g/mol. The van der Waals surface area contributed by atoms with Gasteiger partial charge >= 0.3 is 6.03 Å². The van der Waals surface area contributed by atoms with Crippen LogP contribution in [-0.4, -0.2) is 33.7 Å². The third kappa shape index (κ3) is 3.37. The molecule has 6 heteroatoms. The minimum atomic E-state index is -1.08. The van der Waals surface area contributed by atoms with Crippen molar-refractivity contribution < 1.29 is 14.4 Å². The predicted molar refractivity (Wildman–Crippen MR) is 125 cm³/mol. The Kier molecular flexibility index (Phi) is 5.16. The second-order valence-electron chi connectivity index (χ2n) is 8.97. The van der Waals surface area contributed by atoms with Crippen molar-refractivity contribution >= 4 is 17.7 Å². The minimum absolute atomic E-state index is 0.243. The summed E-state index contributed by atoms with van der Waals surface area (Å²) < 4.78 is 2.02. The maximum atomic E-state index is 13.6. The Hall–Kier alpha value is -3.67. The van der Waals surface area contributed by atoms with Gasteiger partial charge in [-0.1, -0.05) is 42.5 Å². The maximum absolute atomic E-state index is 13.6. The molecular formula is C27H27N3O3. The molecule has 1 fully saturated rings. The Bertz CT molecular complexity index is 1260. The molecule has 0 radical (unpaired) electrons. The fraction of sp³-hybridized carbons (Fsp3) is 0.296.